The van der Waals surface area contributed by atoms with E-state index in [1.807, 2.05) is 0 Å². The Morgan fingerprint density at radius 2 is 2.07 bits per heavy atom. The monoisotopic (exact) mass is 380 g/mol. The summed E-state index contributed by atoms with van der Waals surface area (Å²) in [6.07, 6.45) is -4.50. The number of carbonyl (C=O) groups is 1. The van der Waals surface area contributed by atoms with Crippen molar-refractivity contribution in [3.8, 4) is 11.9 Å². The molecule has 0 unspecified atom stereocenters. The minimum Gasteiger partial charge on any atom is -0.480 e. The summed E-state index contributed by atoms with van der Waals surface area (Å²) in [6, 6.07) is 5.28. The second-order valence-corrected chi connectivity index (χ2v) is 5.36. The van der Waals surface area contributed by atoms with Crippen molar-refractivity contribution < 1.29 is 22.7 Å². The Bertz CT molecular complexity index is 895. The summed E-state index contributed by atoms with van der Waals surface area (Å²) >= 11 is 0. The molecule has 0 spiro atoms. The number of methoxy groups -OCH3 is 1. The van der Waals surface area contributed by atoms with Gasteiger partial charge in [-0.05, 0) is 25.1 Å². The van der Waals surface area contributed by atoms with Gasteiger partial charge in [-0.25, -0.2) is 0 Å². The molecule has 0 aliphatic carbocycles. The highest BCUT2D eigenvalue weighted by Gasteiger charge is 2.30. The van der Waals surface area contributed by atoms with Crippen LogP contribution in [0, 0.1) is 11.3 Å². The summed E-state index contributed by atoms with van der Waals surface area (Å²) < 4.78 is 43.2. The highest BCUT2D eigenvalue weighted by molar-refractivity contribution is 5.96. The molecule has 1 amide bonds. The maximum atomic E-state index is 12.8. The number of nitriles is 1. The van der Waals surface area contributed by atoms with E-state index in [9.17, 15) is 23.2 Å². The number of hydrogen-bond acceptors (Lipinski definition) is 7. The molecule has 27 heavy (non-hydrogen) atoms. The molecule has 0 aliphatic rings. The normalized spacial score (nSPS) is 12.0. The molecule has 1 atom stereocenters. The van der Waals surface area contributed by atoms with E-state index in [2.05, 4.69) is 20.6 Å². The second-order valence-electron chi connectivity index (χ2n) is 5.36. The highest BCUT2D eigenvalue weighted by Crippen LogP contribution is 2.31. The number of nitrogens with one attached hydrogen (secondary N) is 2. The van der Waals surface area contributed by atoms with Crippen molar-refractivity contribution in [1.29, 1.82) is 5.26 Å². The van der Waals surface area contributed by atoms with Crippen LogP contribution in [0.25, 0.3) is 0 Å². The maximum absolute atomic E-state index is 12.8. The number of carbonyl (C=O) groups excluding carboxylic acids is 1. The molecule has 2 aromatic rings. The lowest BCUT2D eigenvalue weighted by molar-refractivity contribution is -0.137. The molecule has 0 aliphatic heterocycles. The minimum atomic E-state index is -4.50. The van der Waals surface area contributed by atoms with Crippen molar-refractivity contribution in [3.05, 3.63) is 35.4 Å². The van der Waals surface area contributed by atoms with E-state index in [1.165, 1.54) is 26.2 Å². The molecule has 1 aromatic heterocycles. The first-order valence-corrected chi connectivity index (χ1v) is 7.52. The summed E-state index contributed by atoms with van der Waals surface area (Å²) in [5.41, 5.74) is 4.63. The average Bonchev–Trinajstić information content (AvgIpc) is 2.60. The molecule has 11 heteroatoms. The van der Waals surface area contributed by atoms with Crippen molar-refractivity contribution in [2.24, 2.45) is 0 Å². The van der Waals surface area contributed by atoms with E-state index in [-0.39, 0.29) is 28.9 Å². The Labute approximate surface area is 152 Å². The summed E-state index contributed by atoms with van der Waals surface area (Å²) in [5, 5.41) is 14.2. The molecular formula is C16H15F3N6O2. The zero-order chi connectivity index (χ0) is 20.2. The van der Waals surface area contributed by atoms with Crippen molar-refractivity contribution >= 4 is 23.4 Å². The quantitative estimate of drug-likeness (QED) is 0.727. The van der Waals surface area contributed by atoms with Crippen LogP contribution < -0.4 is 21.1 Å². The number of nitrogens with two attached hydrogens (primary N) is 1. The Morgan fingerprint density at radius 1 is 1.37 bits per heavy atom. The van der Waals surface area contributed by atoms with E-state index in [1.54, 1.807) is 6.07 Å². The van der Waals surface area contributed by atoms with Crippen LogP contribution in [0.1, 0.15) is 18.1 Å². The van der Waals surface area contributed by atoms with Gasteiger partial charge in [0.15, 0.2) is 11.4 Å². The Balaban J connectivity index is 2.18. The third kappa shape index (κ3) is 4.75. The average molecular weight is 380 g/mol. The van der Waals surface area contributed by atoms with Crippen molar-refractivity contribution in [2.75, 3.05) is 23.5 Å². The molecule has 1 heterocycles. The van der Waals surface area contributed by atoms with Gasteiger partial charge in [-0.2, -0.15) is 28.4 Å². The van der Waals surface area contributed by atoms with Gasteiger partial charge in [0.25, 0.3) is 0 Å². The van der Waals surface area contributed by atoms with Crippen LogP contribution in [-0.2, 0) is 11.0 Å². The van der Waals surface area contributed by atoms with Crippen molar-refractivity contribution in [1.82, 2.24) is 9.97 Å². The van der Waals surface area contributed by atoms with Gasteiger partial charge in [-0.1, -0.05) is 6.07 Å². The van der Waals surface area contributed by atoms with Crippen LogP contribution in [0.2, 0.25) is 0 Å². The number of rotatable bonds is 5. The summed E-state index contributed by atoms with van der Waals surface area (Å²) in [7, 11) is 1.27. The third-order valence-corrected chi connectivity index (χ3v) is 3.41. The smallest absolute Gasteiger partial charge is 0.416 e. The first-order valence-electron chi connectivity index (χ1n) is 7.52. The van der Waals surface area contributed by atoms with Crippen LogP contribution in [0.15, 0.2) is 24.3 Å². The molecule has 142 valence electrons. The molecule has 0 fully saturated rings. The van der Waals surface area contributed by atoms with Gasteiger partial charge in [0.1, 0.15) is 12.1 Å². The Hall–Kier alpha value is -3.55. The van der Waals surface area contributed by atoms with Gasteiger partial charge in [0, 0.05) is 5.69 Å². The van der Waals surface area contributed by atoms with Crippen LogP contribution in [-0.4, -0.2) is 29.0 Å². The van der Waals surface area contributed by atoms with Crippen LogP contribution in [0.5, 0.6) is 5.88 Å². The zero-order valence-electron chi connectivity index (χ0n) is 14.3. The molecule has 0 saturated carbocycles. The number of halogens is 3. The van der Waals surface area contributed by atoms with Gasteiger partial charge in [0.2, 0.25) is 17.7 Å². The van der Waals surface area contributed by atoms with E-state index in [0.717, 1.165) is 12.1 Å². The van der Waals surface area contributed by atoms with E-state index in [0.29, 0.717) is 0 Å². The number of anilines is 3. The standard InChI is InChI=1S/C16H15F3N6O2/c1-8(22-10-5-3-4-9(6-10)16(17,18)19)13(26)23-12-11(7-20)14(27-2)25-15(21)24-12/h3-6,8,22H,1-2H3,(H3,21,23,24,25,26)/t8-/m0/s1. The van der Waals surface area contributed by atoms with Gasteiger partial charge >= 0.3 is 6.18 Å². The first kappa shape index (κ1) is 19.8. The fraction of sp³-hybridized carbons (Fsp3) is 0.250. The third-order valence-electron chi connectivity index (χ3n) is 3.41. The largest absolute Gasteiger partial charge is 0.480 e. The summed E-state index contributed by atoms with van der Waals surface area (Å²) in [4.78, 5) is 19.8. The lowest BCUT2D eigenvalue weighted by atomic mass is 10.2. The molecule has 4 N–H and O–H groups in total. The lowest BCUT2D eigenvalue weighted by Crippen LogP contribution is -2.32. The van der Waals surface area contributed by atoms with Gasteiger partial charge < -0.3 is 21.1 Å². The number of benzene rings is 1. The fourth-order valence-electron chi connectivity index (χ4n) is 2.12. The molecule has 0 saturated heterocycles. The lowest BCUT2D eigenvalue weighted by Gasteiger charge is -2.17. The number of nitrogens with zero attached hydrogens (tertiary/aromatic N) is 3. The zero-order valence-corrected chi connectivity index (χ0v) is 14.3. The van der Waals surface area contributed by atoms with Crippen LogP contribution >= 0.6 is 0 Å². The van der Waals surface area contributed by atoms with Crippen molar-refractivity contribution in [2.45, 2.75) is 19.1 Å². The number of amides is 1. The predicted octanol–water partition coefficient (Wildman–Crippen LogP) is 2.40. The predicted molar refractivity (Wildman–Crippen MR) is 90.9 cm³/mol. The second kappa shape index (κ2) is 7.77. The number of aromatic nitrogens is 2. The topological polar surface area (TPSA) is 126 Å². The first-order chi connectivity index (χ1) is 12.7. The maximum Gasteiger partial charge on any atom is 0.416 e. The number of hydrogen-bond donors (Lipinski definition) is 3. The fourth-order valence-corrected chi connectivity index (χ4v) is 2.12. The van der Waals surface area contributed by atoms with Gasteiger partial charge in [-0.3, -0.25) is 4.79 Å². The molecule has 0 bridgehead atoms. The van der Waals surface area contributed by atoms with Gasteiger partial charge in [0.05, 0.1) is 12.7 Å². The number of nitrogen functional groups attached to an aromatic ring is 1. The molecule has 1 aromatic carbocycles. The molecule has 0 radical (unpaired) electrons. The minimum absolute atomic E-state index is 0.104. The molecular weight excluding hydrogens is 365 g/mol. The van der Waals surface area contributed by atoms with E-state index in [4.69, 9.17) is 10.5 Å². The van der Waals surface area contributed by atoms with Crippen LogP contribution in [0.3, 0.4) is 0 Å². The van der Waals surface area contributed by atoms with E-state index >= 15 is 0 Å². The highest BCUT2D eigenvalue weighted by atomic mass is 19.4. The molecule has 8 nitrogen and oxygen atoms in total. The summed E-state index contributed by atoms with van der Waals surface area (Å²) in [6.45, 7) is 1.43. The number of ether oxygens (including phenoxy) is 1. The molecule has 2 rings (SSSR count). The van der Waals surface area contributed by atoms with Crippen molar-refractivity contribution in [3.63, 3.8) is 0 Å². The van der Waals surface area contributed by atoms with E-state index < -0.39 is 23.7 Å². The SMILES string of the molecule is COc1nc(N)nc(NC(=O)[C@H](C)Nc2cccc(C(F)(F)F)c2)c1C#N. The Morgan fingerprint density at radius 3 is 2.67 bits per heavy atom. The number of alkyl halides is 3. The van der Waals surface area contributed by atoms with Crippen LogP contribution in [0.4, 0.5) is 30.6 Å². The summed E-state index contributed by atoms with van der Waals surface area (Å²) in [5.74, 6) is -1.15. The van der Waals surface area contributed by atoms with Gasteiger partial charge in [-0.15, -0.1) is 0 Å². The Kier molecular flexibility index (Phi) is 5.69.